The molecular weight excluding hydrogens is 254 g/mol. The molecule has 0 fully saturated rings. The van der Waals surface area contributed by atoms with Crippen LogP contribution >= 0.6 is 11.6 Å². The highest BCUT2D eigenvalue weighted by atomic mass is 35.5. The van der Waals surface area contributed by atoms with Gasteiger partial charge in [0.25, 0.3) is 0 Å². The molecule has 0 heterocycles. The predicted octanol–water partition coefficient (Wildman–Crippen LogP) is 2.47. The van der Waals surface area contributed by atoms with E-state index in [0.717, 1.165) is 11.1 Å². The highest BCUT2D eigenvalue weighted by molar-refractivity contribution is 6.33. The third kappa shape index (κ3) is 2.71. The van der Waals surface area contributed by atoms with E-state index >= 15 is 0 Å². The summed E-state index contributed by atoms with van der Waals surface area (Å²) in [5.41, 5.74) is 7.58. The van der Waals surface area contributed by atoms with Crippen molar-refractivity contribution in [3.8, 4) is 11.5 Å². The fourth-order valence-electron chi connectivity index (χ4n) is 1.98. The molecule has 1 unspecified atom stereocenters. The van der Waals surface area contributed by atoms with Crippen LogP contribution in [0.4, 0.5) is 0 Å². The summed E-state index contributed by atoms with van der Waals surface area (Å²) < 4.78 is 10.5. The molecule has 0 amide bonds. The van der Waals surface area contributed by atoms with E-state index in [0.29, 0.717) is 16.5 Å². The second-order valence-electron chi connectivity index (χ2n) is 4.37. The summed E-state index contributed by atoms with van der Waals surface area (Å²) in [5, 5.41) is 9.73. The number of halogens is 1. The van der Waals surface area contributed by atoms with E-state index < -0.39 is 6.04 Å². The van der Waals surface area contributed by atoms with Crippen molar-refractivity contribution in [3.63, 3.8) is 0 Å². The van der Waals surface area contributed by atoms with Gasteiger partial charge in [0.15, 0.2) is 11.5 Å². The molecule has 1 aromatic rings. The lowest BCUT2D eigenvalue weighted by Gasteiger charge is -2.22. The zero-order valence-corrected chi connectivity index (χ0v) is 11.9. The first kappa shape index (κ1) is 15.1. The van der Waals surface area contributed by atoms with E-state index in [1.165, 1.54) is 7.11 Å². The van der Waals surface area contributed by atoms with Crippen molar-refractivity contribution < 1.29 is 14.6 Å². The molecule has 0 aliphatic heterocycles. The zero-order valence-electron chi connectivity index (χ0n) is 11.2. The van der Waals surface area contributed by atoms with Gasteiger partial charge in [-0.2, -0.15) is 0 Å². The first-order chi connectivity index (χ1) is 8.47. The Morgan fingerprint density at radius 2 is 1.94 bits per heavy atom. The maximum atomic E-state index is 9.24. The molecule has 1 rings (SSSR count). The summed E-state index contributed by atoms with van der Waals surface area (Å²) in [7, 11) is 3.08. The molecular formula is C13H20ClNO3. The fourth-order valence-corrected chi connectivity index (χ4v) is 2.47. The lowest BCUT2D eigenvalue weighted by atomic mass is 9.92. The molecule has 18 heavy (non-hydrogen) atoms. The van der Waals surface area contributed by atoms with Gasteiger partial charge in [-0.05, 0) is 23.1 Å². The largest absolute Gasteiger partial charge is 0.493 e. The van der Waals surface area contributed by atoms with E-state index in [9.17, 15) is 5.11 Å². The fraction of sp³-hybridized carbons (Fsp3) is 0.538. The van der Waals surface area contributed by atoms with Crippen LogP contribution in [-0.4, -0.2) is 25.9 Å². The van der Waals surface area contributed by atoms with Gasteiger partial charge >= 0.3 is 0 Å². The molecule has 0 aliphatic carbocycles. The third-order valence-electron chi connectivity index (χ3n) is 2.85. The minimum Gasteiger partial charge on any atom is -0.493 e. The van der Waals surface area contributed by atoms with Gasteiger partial charge in [-0.1, -0.05) is 25.4 Å². The average molecular weight is 274 g/mol. The number of nitrogens with two attached hydrogens (primary N) is 1. The van der Waals surface area contributed by atoms with Crippen molar-refractivity contribution in [3.05, 3.63) is 22.2 Å². The van der Waals surface area contributed by atoms with Crippen LogP contribution in [0.25, 0.3) is 0 Å². The molecule has 4 nitrogen and oxygen atoms in total. The Balaban J connectivity index is 3.54. The van der Waals surface area contributed by atoms with Gasteiger partial charge in [-0.3, -0.25) is 0 Å². The Kier molecular flexibility index (Phi) is 5.26. The second-order valence-corrected chi connectivity index (χ2v) is 4.75. The van der Waals surface area contributed by atoms with Crippen molar-refractivity contribution >= 4 is 11.6 Å². The molecule has 0 aliphatic rings. The summed E-state index contributed by atoms with van der Waals surface area (Å²) in [6.45, 7) is 3.88. The van der Waals surface area contributed by atoms with Gasteiger partial charge < -0.3 is 20.3 Å². The van der Waals surface area contributed by atoms with Crippen LogP contribution in [0, 0.1) is 0 Å². The maximum absolute atomic E-state index is 9.24. The Morgan fingerprint density at radius 1 is 1.33 bits per heavy atom. The van der Waals surface area contributed by atoms with Gasteiger partial charge in [-0.25, -0.2) is 0 Å². The minimum atomic E-state index is -0.486. The van der Waals surface area contributed by atoms with Gasteiger partial charge in [0.05, 0.1) is 31.9 Å². The Morgan fingerprint density at radius 3 is 2.33 bits per heavy atom. The van der Waals surface area contributed by atoms with Crippen LogP contribution in [0.3, 0.4) is 0 Å². The molecule has 0 saturated heterocycles. The maximum Gasteiger partial charge on any atom is 0.179 e. The molecule has 1 aromatic carbocycles. The van der Waals surface area contributed by atoms with E-state index in [4.69, 9.17) is 26.8 Å². The van der Waals surface area contributed by atoms with Gasteiger partial charge in [0.2, 0.25) is 0 Å². The SMILES string of the molecule is COc1cc(C(N)CO)c(C(C)C)c(Cl)c1OC. The van der Waals surface area contributed by atoms with Crippen molar-refractivity contribution in [2.45, 2.75) is 25.8 Å². The van der Waals surface area contributed by atoms with Gasteiger partial charge in [0, 0.05) is 0 Å². The second kappa shape index (κ2) is 6.27. The highest BCUT2D eigenvalue weighted by Crippen LogP contribution is 2.43. The Bertz CT molecular complexity index is 421. The average Bonchev–Trinajstić information content (AvgIpc) is 2.35. The number of rotatable bonds is 5. The van der Waals surface area contributed by atoms with Crippen LogP contribution in [-0.2, 0) is 0 Å². The van der Waals surface area contributed by atoms with Crippen molar-refractivity contribution in [1.82, 2.24) is 0 Å². The number of aliphatic hydroxyl groups excluding tert-OH is 1. The lowest BCUT2D eigenvalue weighted by Crippen LogP contribution is -2.18. The van der Waals surface area contributed by atoms with Crippen LogP contribution in [0.1, 0.15) is 36.9 Å². The van der Waals surface area contributed by atoms with Gasteiger partial charge in [-0.15, -0.1) is 0 Å². The number of hydrogen-bond acceptors (Lipinski definition) is 4. The zero-order chi connectivity index (χ0) is 13.9. The van der Waals surface area contributed by atoms with Gasteiger partial charge in [0.1, 0.15) is 0 Å². The molecule has 0 bridgehead atoms. The topological polar surface area (TPSA) is 64.7 Å². The monoisotopic (exact) mass is 273 g/mol. The highest BCUT2D eigenvalue weighted by Gasteiger charge is 2.23. The smallest absolute Gasteiger partial charge is 0.179 e. The summed E-state index contributed by atoms with van der Waals surface area (Å²) in [5.74, 6) is 1.19. The summed E-state index contributed by atoms with van der Waals surface area (Å²) >= 11 is 6.35. The minimum absolute atomic E-state index is 0.147. The predicted molar refractivity (Wildman–Crippen MR) is 72.7 cm³/mol. The number of benzene rings is 1. The molecule has 3 N–H and O–H groups in total. The van der Waals surface area contributed by atoms with Crippen LogP contribution in [0.5, 0.6) is 11.5 Å². The van der Waals surface area contributed by atoms with E-state index in [-0.39, 0.29) is 12.5 Å². The first-order valence-corrected chi connectivity index (χ1v) is 6.16. The number of ether oxygens (including phenoxy) is 2. The van der Waals surface area contributed by atoms with Crippen LogP contribution < -0.4 is 15.2 Å². The molecule has 1 atom stereocenters. The Labute approximate surface area is 113 Å². The van der Waals surface area contributed by atoms with E-state index in [1.54, 1.807) is 13.2 Å². The third-order valence-corrected chi connectivity index (χ3v) is 3.23. The summed E-state index contributed by atoms with van der Waals surface area (Å²) in [4.78, 5) is 0. The van der Waals surface area contributed by atoms with Crippen molar-refractivity contribution in [2.24, 2.45) is 5.73 Å². The number of hydrogen-bond donors (Lipinski definition) is 2. The van der Waals surface area contributed by atoms with Crippen molar-refractivity contribution in [1.29, 1.82) is 0 Å². The Hall–Kier alpha value is -0.970. The standard InChI is InChI=1S/C13H20ClNO3/c1-7(2)11-8(9(15)6-16)5-10(17-3)13(18-4)12(11)14/h5,7,9,16H,6,15H2,1-4H3. The first-order valence-electron chi connectivity index (χ1n) is 5.78. The van der Waals surface area contributed by atoms with E-state index in [2.05, 4.69) is 0 Å². The summed E-state index contributed by atoms with van der Waals surface area (Å²) in [6, 6.07) is 1.29. The molecule has 0 spiro atoms. The van der Waals surface area contributed by atoms with E-state index in [1.807, 2.05) is 13.8 Å². The molecule has 0 saturated carbocycles. The number of aliphatic hydroxyl groups is 1. The molecule has 102 valence electrons. The summed E-state index contributed by atoms with van der Waals surface area (Å²) in [6.07, 6.45) is 0. The molecule has 5 heteroatoms. The van der Waals surface area contributed by atoms with Crippen LogP contribution in [0.15, 0.2) is 6.07 Å². The quantitative estimate of drug-likeness (QED) is 0.865. The van der Waals surface area contributed by atoms with Crippen molar-refractivity contribution in [2.75, 3.05) is 20.8 Å². The normalized spacial score (nSPS) is 12.7. The molecule has 0 aromatic heterocycles. The number of methoxy groups -OCH3 is 2. The van der Waals surface area contributed by atoms with Crippen LogP contribution in [0.2, 0.25) is 5.02 Å². The lowest BCUT2D eigenvalue weighted by molar-refractivity contribution is 0.266. The molecule has 0 radical (unpaired) electrons.